The van der Waals surface area contributed by atoms with Gasteiger partial charge in [-0.15, -0.1) is 0 Å². The summed E-state index contributed by atoms with van der Waals surface area (Å²) in [4.78, 5) is 14.2. The van der Waals surface area contributed by atoms with E-state index in [9.17, 15) is 13.6 Å². The molecule has 3 aromatic carbocycles. The fraction of sp³-hybridized carbons (Fsp3) is 0.208. The van der Waals surface area contributed by atoms with Crippen molar-refractivity contribution < 1.29 is 18.3 Å². The van der Waals surface area contributed by atoms with E-state index in [1.54, 1.807) is 4.90 Å². The molecule has 3 rings (SSSR count). The second-order valence-corrected chi connectivity index (χ2v) is 7.19. The first-order valence-corrected chi connectivity index (χ1v) is 9.70. The number of nitrogens with one attached hydrogen (secondary N) is 1. The monoisotopic (exact) mass is 410 g/mol. The normalized spacial score (nSPS) is 10.7. The Kier molecular flexibility index (Phi) is 7.01. The van der Waals surface area contributed by atoms with Crippen molar-refractivity contribution in [2.24, 2.45) is 0 Å². The van der Waals surface area contributed by atoms with Gasteiger partial charge in [-0.05, 0) is 49.2 Å². The minimum Gasteiger partial charge on any atom is -0.489 e. The molecule has 0 aromatic heterocycles. The first-order chi connectivity index (χ1) is 14.4. The Balaban J connectivity index is 1.62. The van der Waals surface area contributed by atoms with Gasteiger partial charge in [-0.3, -0.25) is 0 Å². The molecule has 0 saturated heterocycles. The molecule has 6 heteroatoms. The smallest absolute Gasteiger partial charge is 0.322 e. The van der Waals surface area contributed by atoms with Crippen molar-refractivity contribution in [3.8, 4) is 5.75 Å². The number of halogens is 2. The predicted octanol–water partition coefficient (Wildman–Crippen LogP) is 5.99. The van der Waals surface area contributed by atoms with E-state index < -0.39 is 17.7 Å². The van der Waals surface area contributed by atoms with E-state index in [0.29, 0.717) is 13.2 Å². The third-order valence-electron chi connectivity index (χ3n) is 4.58. The van der Waals surface area contributed by atoms with Crippen molar-refractivity contribution in [1.82, 2.24) is 4.90 Å². The highest BCUT2D eigenvalue weighted by Gasteiger charge is 2.19. The van der Waals surface area contributed by atoms with Gasteiger partial charge in [0.15, 0.2) is 0 Å². The number of benzene rings is 3. The summed E-state index contributed by atoms with van der Waals surface area (Å²) in [6.45, 7) is 4.56. The molecule has 0 aliphatic heterocycles. The number of rotatable bonds is 7. The lowest BCUT2D eigenvalue weighted by Gasteiger charge is -2.27. The molecule has 4 nitrogen and oxygen atoms in total. The average Bonchev–Trinajstić information content (AvgIpc) is 2.74. The van der Waals surface area contributed by atoms with E-state index in [0.717, 1.165) is 29.0 Å². The fourth-order valence-corrected chi connectivity index (χ4v) is 2.90. The lowest BCUT2D eigenvalue weighted by molar-refractivity contribution is 0.193. The van der Waals surface area contributed by atoms with Crippen molar-refractivity contribution in [2.45, 2.75) is 33.0 Å². The predicted molar refractivity (Wildman–Crippen MR) is 113 cm³/mol. The highest BCUT2D eigenvalue weighted by atomic mass is 19.1. The van der Waals surface area contributed by atoms with Crippen molar-refractivity contribution in [3.63, 3.8) is 0 Å². The third kappa shape index (κ3) is 5.80. The summed E-state index contributed by atoms with van der Waals surface area (Å²) >= 11 is 0. The number of carbonyl (C=O) groups is 1. The van der Waals surface area contributed by atoms with Crippen LogP contribution in [0.3, 0.4) is 0 Å². The number of urea groups is 1. The van der Waals surface area contributed by atoms with E-state index in [2.05, 4.69) is 5.32 Å². The molecule has 30 heavy (non-hydrogen) atoms. The summed E-state index contributed by atoms with van der Waals surface area (Å²) in [5, 5.41) is 2.51. The summed E-state index contributed by atoms with van der Waals surface area (Å²) in [7, 11) is 0. The molecular formula is C24H24F2N2O2. The number of anilines is 1. The average molecular weight is 410 g/mol. The van der Waals surface area contributed by atoms with Gasteiger partial charge < -0.3 is 15.0 Å². The molecular weight excluding hydrogens is 386 g/mol. The van der Waals surface area contributed by atoms with Crippen LogP contribution in [0.5, 0.6) is 5.75 Å². The van der Waals surface area contributed by atoms with Gasteiger partial charge in [0, 0.05) is 18.7 Å². The lowest BCUT2D eigenvalue weighted by atomic mass is 10.2. The largest absolute Gasteiger partial charge is 0.489 e. The summed E-state index contributed by atoms with van der Waals surface area (Å²) in [5.74, 6) is -0.774. The van der Waals surface area contributed by atoms with Crippen molar-refractivity contribution >= 4 is 11.7 Å². The van der Waals surface area contributed by atoms with Crippen LogP contribution in [0.15, 0.2) is 72.8 Å². The minimum atomic E-state index is -0.813. The van der Waals surface area contributed by atoms with Gasteiger partial charge in [0.25, 0.3) is 0 Å². The Morgan fingerprint density at radius 3 is 2.30 bits per heavy atom. The molecule has 0 atom stereocenters. The van der Waals surface area contributed by atoms with E-state index in [1.165, 1.54) is 6.07 Å². The lowest BCUT2D eigenvalue weighted by Crippen LogP contribution is -2.39. The van der Waals surface area contributed by atoms with E-state index in [-0.39, 0.29) is 11.7 Å². The molecule has 0 aliphatic rings. The quantitative estimate of drug-likeness (QED) is 0.520. The zero-order valence-corrected chi connectivity index (χ0v) is 16.9. The van der Waals surface area contributed by atoms with Gasteiger partial charge in [0.2, 0.25) is 0 Å². The SMILES string of the molecule is CC(C)N(Cc1ccc(OCc2ccccc2)cc1)C(=O)Nc1ccc(F)cc1F. The fourth-order valence-electron chi connectivity index (χ4n) is 2.90. The van der Waals surface area contributed by atoms with Crippen LogP contribution in [0.4, 0.5) is 19.3 Å². The van der Waals surface area contributed by atoms with Crippen LogP contribution >= 0.6 is 0 Å². The molecule has 0 aliphatic carbocycles. The number of hydrogen-bond acceptors (Lipinski definition) is 2. The Hall–Kier alpha value is -3.41. The summed E-state index contributed by atoms with van der Waals surface area (Å²) < 4.78 is 32.7. The molecule has 0 unspecified atom stereocenters. The molecule has 2 amide bonds. The minimum absolute atomic E-state index is 0.0586. The maximum absolute atomic E-state index is 13.9. The molecule has 0 saturated carbocycles. The number of hydrogen-bond donors (Lipinski definition) is 1. The number of ether oxygens (including phenoxy) is 1. The topological polar surface area (TPSA) is 41.6 Å². The number of carbonyl (C=O) groups excluding carboxylic acids is 1. The molecule has 0 spiro atoms. The van der Waals surface area contributed by atoms with Gasteiger partial charge in [-0.1, -0.05) is 42.5 Å². The zero-order valence-electron chi connectivity index (χ0n) is 16.9. The van der Waals surface area contributed by atoms with Crippen LogP contribution in [0.1, 0.15) is 25.0 Å². The second kappa shape index (κ2) is 9.87. The summed E-state index contributed by atoms with van der Waals surface area (Å²) in [6.07, 6.45) is 0. The highest BCUT2D eigenvalue weighted by molar-refractivity contribution is 5.89. The Morgan fingerprint density at radius 1 is 0.967 bits per heavy atom. The molecule has 3 aromatic rings. The van der Waals surface area contributed by atoms with Crippen molar-refractivity contribution in [3.05, 3.63) is 95.6 Å². The van der Waals surface area contributed by atoms with Crippen molar-refractivity contribution in [2.75, 3.05) is 5.32 Å². The molecule has 0 radical (unpaired) electrons. The van der Waals surface area contributed by atoms with Crippen molar-refractivity contribution in [1.29, 1.82) is 0 Å². The van der Waals surface area contributed by atoms with Crippen LogP contribution in [0.25, 0.3) is 0 Å². The standard InChI is InChI=1S/C24H24F2N2O2/c1-17(2)28(24(29)27-23-13-10-20(25)14-22(23)26)15-18-8-11-21(12-9-18)30-16-19-6-4-3-5-7-19/h3-14,17H,15-16H2,1-2H3,(H,27,29). The van der Waals surface area contributed by atoms with Gasteiger partial charge in [0.1, 0.15) is 24.0 Å². The van der Waals surface area contributed by atoms with E-state index in [1.807, 2.05) is 68.4 Å². The number of nitrogens with zero attached hydrogens (tertiary/aromatic N) is 1. The summed E-state index contributed by atoms with van der Waals surface area (Å²) in [5.41, 5.74) is 1.93. The molecule has 0 heterocycles. The maximum atomic E-state index is 13.9. The summed E-state index contributed by atoms with van der Waals surface area (Å²) in [6, 6.07) is 19.8. The number of amides is 2. The van der Waals surface area contributed by atoms with Gasteiger partial charge >= 0.3 is 6.03 Å². The van der Waals surface area contributed by atoms with E-state index in [4.69, 9.17) is 4.74 Å². The van der Waals surface area contributed by atoms with Crippen LogP contribution in [0.2, 0.25) is 0 Å². The first-order valence-electron chi connectivity index (χ1n) is 9.70. The van der Waals surface area contributed by atoms with Gasteiger partial charge in [-0.2, -0.15) is 0 Å². The third-order valence-corrected chi connectivity index (χ3v) is 4.58. The molecule has 0 fully saturated rings. The van der Waals surface area contributed by atoms with Crippen LogP contribution in [-0.2, 0) is 13.2 Å². The molecule has 1 N–H and O–H groups in total. The first kappa shape index (κ1) is 21.3. The maximum Gasteiger partial charge on any atom is 0.322 e. The van der Waals surface area contributed by atoms with Crippen LogP contribution in [-0.4, -0.2) is 17.0 Å². The molecule has 156 valence electrons. The Bertz CT molecular complexity index is 976. The van der Waals surface area contributed by atoms with Crippen LogP contribution in [0, 0.1) is 11.6 Å². The van der Waals surface area contributed by atoms with E-state index >= 15 is 0 Å². The van der Waals surface area contributed by atoms with Gasteiger partial charge in [-0.25, -0.2) is 13.6 Å². The second-order valence-electron chi connectivity index (χ2n) is 7.19. The zero-order chi connectivity index (χ0) is 21.5. The van der Waals surface area contributed by atoms with Crippen LogP contribution < -0.4 is 10.1 Å². The van der Waals surface area contributed by atoms with Gasteiger partial charge in [0.05, 0.1) is 5.69 Å². The molecule has 0 bridgehead atoms. The highest BCUT2D eigenvalue weighted by Crippen LogP contribution is 2.19. The Labute approximate surface area is 175 Å². The Morgan fingerprint density at radius 2 is 1.67 bits per heavy atom.